The smallest absolute Gasteiger partial charge is 0.326 e. The standard InChI is InChI=1S/C20H26N2O6/c1-13(28-18(23)12-21-20(25)14-5-3-2-4-6-14)19(24)22-15-7-8-16-17(11-15)27-10-9-26-16/h7-8,11,13-14H,2-6,9-10,12H2,1H3,(H,21,25)(H,22,24)/t13-/m0/s1. The number of anilines is 1. The van der Waals surface area contributed by atoms with Gasteiger partial charge in [0.05, 0.1) is 0 Å². The molecule has 0 saturated heterocycles. The quantitative estimate of drug-likeness (QED) is 0.721. The van der Waals surface area contributed by atoms with Gasteiger partial charge in [0.15, 0.2) is 17.6 Å². The number of fused-ring (bicyclic) bond motifs is 1. The monoisotopic (exact) mass is 390 g/mol. The van der Waals surface area contributed by atoms with Crippen molar-refractivity contribution in [2.24, 2.45) is 5.92 Å². The van der Waals surface area contributed by atoms with Crippen LogP contribution < -0.4 is 20.1 Å². The van der Waals surface area contributed by atoms with Crippen molar-refractivity contribution in [3.8, 4) is 11.5 Å². The number of rotatable bonds is 6. The van der Waals surface area contributed by atoms with E-state index in [0.29, 0.717) is 30.4 Å². The van der Waals surface area contributed by atoms with Crippen molar-refractivity contribution in [1.29, 1.82) is 0 Å². The normalized spacial score (nSPS) is 17.3. The van der Waals surface area contributed by atoms with Gasteiger partial charge in [0, 0.05) is 17.7 Å². The van der Waals surface area contributed by atoms with Crippen LogP contribution in [0.15, 0.2) is 18.2 Å². The van der Waals surface area contributed by atoms with Crippen molar-refractivity contribution >= 4 is 23.5 Å². The molecule has 1 aromatic carbocycles. The molecule has 0 aromatic heterocycles. The first-order chi connectivity index (χ1) is 13.5. The van der Waals surface area contributed by atoms with Gasteiger partial charge in [0.1, 0.15) is 19.8 Å². The number of carbonyl (C=O) groups excluding carboxylic acids is 3. The van der Waals surface area contributed by atoms with Crippen LogP contribution >= 0.6 is 0 Å². The number of benzene rings is 1. The zero-order valence-corrected chi connectivity index (χ0v) is 16.0. The lowest BCUT2D eigenvalue weighted by atomic mass is 9.89. The molecule has 1 atom stereocenters. The van der Waals surface area contributed by atoms with Crippen LogP contribution in [0.3, 0.4) is 0 Å². The molecule has 1 fully saturated rings. The van der Waals surface area contributed by atoms with Crippen molar-refractivity contribution in [1.82, 2.24) is 5.32 Å². The summed E-state index contributed by atoms with van der Waals surface area (Å²) in [5.41, 5.74) is 0.516. The van der Waals surface area contributed by atoms with Gasteiger partial charge in [-0.05, 0) is 31.9 Å². The largest absolute Gasteiger partial charge is 0.486 e. The molecule has 152 valence electrons. The maximum Gasteiger partial charge on any atom is 0.326 e. The predicted octanol–water partition coefficient (Wildman–Crippen LogP) is 2.02. The average Bonchev–Trinajstić information content (AvgIpc) is 2.72. The van der Waals surface area contributed by atoms with E-state index < -0.39 is 18.0 Å². The molecule has 0 spiro atoms. The Balaban J connectivity index is 1.43. The van der Waals surface area contributed by atoms with E-state index in [2.05, 4.69) is 10.6 Å². The second kappa shape index (κ2) is 9.43. The molecular formula is C20H26N2O6. The lowest BCUT2D eigenvalue weighted by Crippen LogP contribution is -2.38. The maximum absolute atomic E-state index is 12.3. The number of ether oxygens (including phenoxy) is 3. The maximum atomic E-state index is 12.3. The van der Waals surface area contributed by atoms with E-state index in [1.807, 2.05) is 0 Å². The summed E-state index contributed by atoms with van der Waals surface area (Å²) in [4.78, 5) is 36.2. The first-order valence-corrected chi connectivity index (χ1v) is 9.70. The molecule has 1 aromatic rings. The number of nitrogens with one attached hydrogen (secondary N) is 2. The minimum absolute atomic E-state index is 0.0301. The van der Waals surface area contributed by atoms with Gasteiger partial charge in [-0.3, -0.25) is 14.4 Å². The fourth-order valence-corrected chi connectivity index (χ4v) is 3.33. The predicted molar refractivity (Wildman–Crippen MR) is 101 cm³/mol. The Morgan fingerprint density at radius 1 is 1.11 bits per heavy atom. The fourth-order valence-electron chi connectivity index (χ4n) is 3.33. The van der Waals surface area contributed by atoms with Gasteiger partial charge in [-0.1, -0.05) is 19.3 Å². The Bertz CT molecular complexity index is 729. The molecule has 2 N–H and O–H groups in total. The number of amides is 2. The molecule has 1 heterocycles. The van der Waals surface area contributed by atoms with E-state index in [1.54, 1.807) is 18.2 Å². The SMILES string of the molecule is C[C@H](OC(=O)CNC(=O)C1CCCCC1)C(=O)Nc1ccc2c(c1)OCCO2. The Morgan fingerprint density at radius 2 is 1.82 bits per heavy atom. The van der Waals surface area contributed by atoms with Gasteiger partial charge >= 0.3 is 5.97 Å². The van der Waals surface area contributed by atoms with Crippen LogP contribution in [0.1, 0.15) is 39.0 Å². The minimum atomic E-state index is -0.993. The van der Waals surface area contributed by atoms with E-state index in [1.165, 1.54) is 6.92 Å². The molecule has 0 radical (unpaired) electrons. The number of carbonyl (C=O) groups is 3. The van der Waals surface area contributed by atoms with Crippen molar-refractivity contribution in [2.45, 2.75) is 45.1 Å². The highest BCUT2D eigenvalue weighted by atomic mass is 16.6. The van der Waals surface area contributed by atoms with Gasteiger partial charge < -0.3 is 24.8 Å². The molecule has 1 aliphatic carbocycles. The number of hydrogen-bond donors (Lipinski definition) is 2. The molecule has 0 unspecified atom stereocenters. The highest BCUT2D eigenvalue weighted by Gasteiger charge is 2.23. The minimum Gasteiger partial charge on any atom is -0.486 e. The number of hydrogen-bond acceptors (Lipinski definition) is 6. The summed E-state index contributed by atoms with van der Waals surface area (Å²) in [5.74, 6) is -0.0864. The molecule has 1 saturated carbocycles. The van der Waals surface area contributed by atoms with Crippen molar-refractivity contribution < 1.29 is 28.6 Å². The summed E-state index contributed by atoms with van der Waals surface area (Å²) in [6, 6.07) is 5.05. The highest BCUT2D eigenvalue weighted by Crippen LogP contribution is 2.32. The van der Waals surface area contributed by atoms with Crippen LogP contribution in [0.4, 0.5) is 5.69 Å². The summed E-state index contributed by atoms with van der Waals surface area (Å²) < 4.78 is 16.0. The third-order valence-corrected chi connectivity index (χ3v) is 4.87. The lowest BCUT2D eigenvalue weighted by Gasteiger charge is -2.21. The first-order valence-electron chi connectivity index (χ1n) is 9.70. The van der Waals surface area contributed by atoms with Crippen molar-refractivity contribution in [2.75, 3.05) is 25.1 Å². The van der Waals surface area contributed by atoms with Crippen LogP contribution in [0.2, 0.25) is 0 Å². The molecule has 28 heavy (non-hydrogen) atoms. The molecular weight excluding hydrogens is 364 g/mol. The fraction of sp³-hybridized carbons (Fsp3) is 0.550. The topological polar surface area (TPSA) is 103 Å². The Labute approximate surface area is 163 Å². The van der Waals surface area contributed by atoms with E-state index in [-0.39, 0.29) is 18.4 Å². The van der Waals surface area contributed by atoms with Crippen molar-refractivity contribution in [3.05, 3.63) is 18.2 Å². The van der Waals surface area contributed by atoms with Crippen LogP contribution in [-0.4, -0.2) is 43.6 Å². The van der Waals surface area contributed by atoms with Crippen LogP contribution in [0.5, 0.6) is 11.5 Å². The molecule has 2 amide bonds. The average molecular weight is 390 g/mol. The summed E-state index contributed by atoms with van der Waals surface area (Å²) in [6.07, 6.45) is 3.96. The summed E-state index contributed by atoms with van der Waals surface area (Å²) >= 11 is 0. The van der Waals surface area contributed by atoms with Crippen LogP contribution in [0.25, 0.3) is 0 Å². The third-order valence-electron chi connectivity index (χ3n) is 4.87. The van der Waals surface area contributed by atoms with Crippen LogP contribution in [0, 0.1) is 5.92 Å². The zero-order chi connectivity index (χ0) is 19.9. The highest BCUT2D eigenvalue weighted by molar-refractivity contribution is 5.95. The Kier molecular flexibility index (Phi) is 6.73. The van der Waals surface area contributed by atoms with Crippen molar-refractivity contribution in [3.63, 3.8) is 0 Å². The third kappa shape index (κ3) is 5.37. The van der Waals surface area contributed by atoms with Gasteiger partial charge in [-0.2, -0.15) is 0 Å². The van der Waals surface area contributed by atoms with E-state index >= 15 is 0 Å². The molecule has 8 heteroatoms. The zero-order valence-electron chi connectivity index (χ0n) is 16.0. The summed E-state index contributed by atoms with van der Waals surface area (Å²) in [5, 5.41) is 5.28. The molecule has 8 nitrogen and oxygen atoms in total. The van der Waals surface area contributed by atoms with Gasteiger partial charge in [-0.25, -0.2) is 0 Å². The molecule has 2 aliphatic rings. The number of esters is 1. The molecule has 0 bridgehead atoms. The second-order valence-corrected chi connectivity index (χ2v) is 7.03. The van der Waals surface area contributed by atoms with E-state index in [9.17, 15) is 14.4 Å². The summed E-state index contributed by atoms with van der Waals surface area (Å²) in [6.45, 7) is 2.18. The summed E-state index contributed by atoms with van der Waals surface area (Å²) in [7, 11) is 0. The Hall–Kier alpha value is -2.77. The van der Waals surface area contributed by atoms with E-state index in [4.69, 9.17) is 14.2 Å². The Morgan fingerprint density at radius 3 is 2.57 bits per heavy atom. The second-order valence-electron chi connectivity index (χ2n) is 7.03. The van der Waals surface area contributed by atoms with Gasteiger partial charge in [0.25, 0.3) is 5.91 Å². The lowest BCUT2D eigenvalue weighted by molar-refractivity contribution is -0.153. The van der Waals surface area contributed by atoms with Crippen LogP contribution in [-0.2, 0) is 19.1 Å². The van der Waals surface area contributed by atoms with E-state index in [0.717, 1.165) is 32.1 Å². The van der Waals surface area contributed by atoms with Gasteiger partial charge in [0.2, 0.25) is 5.91 Å². The van der Waals surface area contributed by atoms with Gasteiger partial charge in [-0.15, -0.1) is 0 Å². The molecule has 3 rings (SSSR count). The molecule has 1 aliphatic heterocycles. The first kappa shape index (κ1) is 20.0.